The minimum Gasteiger partial charge on any atom is -0.443 e. The van der Waals surface area contributed by atoms with E-state index in [9.17, 15) is 18.7 Å². The van der Waals surface area contributed by atoms with Crippen molar-refractivity contribution in [2.45, 2.75) is 25.0 Å². The second kappa shape index (κ2) is 10.5. The third-order valence-electron chi connectivity index (χ3n) is 5.69. The molecule has 0 aliphatic rings. The normalized spacial score (nSPS) is 13.6. The van der Waals surface area contributed by atoms with Gasteiger partial charge in [0.2, 0.25) is 5.82 Å². The molecule has 12 heteroatoms. The van der Waals surface area contributed by atoms with Gasteiger partial charge in [-0.15, -0.1) is 11.3 Å². The Morgan fingerprint density at radius 2 is 2.06 bits per heavy atom. The molecular formula is C24H18ClF2N5O3S. The molecule has 4 aromatic rings. The number of thiazole rings is 1. The maximum absolute atomic E-state index is 15.0. The molecule has 0 spiro atoms. The number of halogens is 3. The van der Waals surface area contributed by atoms with E-state index in [1.165, 1.54) is 11.3 Å². The lowest BCUT2D eigenvalue weighted by molar-refractivity contribution is -0.0123. The van der Waals surface area contributed by atoms with Crippen LogP contribution in [0.1, 0.15) is 39.6 Å². The van der Waals surface area contributed by atoms with E-state index < -0.39 is 41.7 Å². The highest BCUT2D eigenvalue weighted by Gasteiger charge is 2.42. The molecule has 184 valence electrons. The summed E-state index contributed by atoms with van der Waals surface area (Å²) in [7, 11) is 0. The van der Waals surface area contributed by atoms with E-state index in [2.05, 4.69) is 21.1 Å². The molecule has 0 saturated heterocycles. The molecule has 0 aliphatic carbocycles. The summed E-state index contributed by atoms with van der Waals surface area (Å²) in [6, 6.07) is 11.3. The van der Waals surface area contributed by atoms with Gasteiger partial charge in [0.05, 0.1) is 28.9 Å². The topological polar surface area (TPSA) is 114 Å². The van der Waals surface area contributed by atoms with Crippen molar-refractivity contribution in [2.75, 3.05) is 6.07 Å². The molecule has 2 aromatic heterocycles. The zero-order valence-corrected chi connectivity index (χ0v) is 20.3. The summed E-state index contributed by atoms with van der Waals surface area (Å²) in [5.74, 6) is -3.75. The average molecular weight is 530 g/mol. The quantitative estimate of drug-likeness (QED) is 0.262. The number of nitrogens with zero attached hydrogens (tertiary/aromatic N) is 5. The average Bonchev–Trinajstić information content (AvgIpc) is 3.53. The number of hydrogen-bond donors (Lipinski definition) is 1. The van der Waals surface area contributed by atoms with Crippen LogP contribution >= 0.6 is 22.9 Å². The van der Waals surface area contributed by atoms with Crippen LogP contribution in [0.25, 0.3) is 11.3 Å². The van der Waals surface area contributed by atoms with Crippen LogP contribution in [0.5, 0.6) is 0 Å². The van der Waals surface area contributed by atoms with Gasteiger partial charge in [0.1, 0.15) is 23.6 Å². The van der Waals surface area contributed by atoms with Crippen molar-refractivity contribution in [3.63, 3.8) is 0 Å². The summed E-state index contributed by atoms with van der Waals surface area (Å²) in [6.07, 6.45) is 1.09. The summed E-state index contributed by atoms with van der Waals surface area (Å²) >= 11 is 6.71. The molecule has 1 N–H and O–H groups in total. The number of aliphatic hydroxyl groups is 1. The van der Waals surface area contributed by atoms with E-state index in [0.717, 1.165) is 28.7 Å². The van der Waals surface area contributed by atoms with E-state index in [1.54, 1.807) is 36.6 Å². The van der Waals surface area contributed by atoms with Gasteiger partial charge in [0, 0.05) is 28.5 Å². The third-order valence-corrected chi connectivity index (χ3v) is 6.83. The molecular weight excluding hydrogens is 512 g/mol. The second-order valence-corrected chi connectivity index (χ2v) is 8.92. The lowest BCUT2D eigenvalue weighted by atomic mass is 9.82. The van der Waals surface area contributed by atoms with Crippen molar-refractivity contribution in [3.8, 4) is 17.3 Å². The number of esters is 1. The van der Waals surface area contributed by atoms with Crippen molar-refractivity contribution >= 4 is 28.9 Å². The molecule has 2 aromatic carbocycles. The van der Waals surface area contributed by atoms with Crippen molar-refractivity contribution < 1.29 is 23.4 Å². The van der Waals surface area contributed by atoms with E-state index in [4.69, 9.17) is 21.6 Å². The largest absolute Gasteiger partial charge is 0.443 e. The Morgan fingerprint density at radius 3 is 2.72 bits per heavy atom. The van der Waals surface area contributed by atoms with Gasteiger partial charge in [-0.05, 0) is 18.2 Å². The number of rotatable bonds is 8. The van der Waals surface area contributed by atoms with Crippen LogP contribution in [0.3, 0.4) is 0 Å². The van der Waals surface area contributed by atoms with Crippen molar-refractivity contribution in [1.82, 2.24) is 19.7 Å². The Hall–Kier alpha value is -3.72. The van der Waals surface area contributed by atoms with Gasteiger partial charge in [0.25, 0.3) is 0 Å². The number of alkyl halides is 1. The smallest absolute Gasteiger partial charge is 0.377 e. The number of aromatic nitrogens is 4. The highest BCUT2D eigenvalue weighted by molar-refractivity contribution is 7.10. The van der Waals surface area contributed by atoms with E-state index in [-0.39, 0.29) is 11.4 Å². The Bertz CT molecular complexity index is 1440. The minimum atomic E-state index is -2.03. The number of carbonyl (C=O) groups is 1. The summed E-state index contributed by atoms with van der Waals surface area (Å²) < 4.78 is 34.5. The van der Waals surface area contributed by atoms with Crippen molar-refractivity contribution in [3.05, 3.63) is 87.8 Å². The zero-order chi connectivity index (χ0) is 25.9. The summed E-state index contributed by atoms with van der Waals surface area (Å²) in [5.41, 5.74) is -0.386. The van der Waals surface area contributed by atoms with Crippen LogP contribution in [0, 0.1) is 23.0 Å². The van der Waals surface area contributed by atoms with Crippen molar-refractivity contribution in [2.24, 2.45) is 0 Å². The van der Waals surface area contributed by atoms with Crippen molar-refractivity contribution in [1.29, 1.82) is 5.26 Å². The lowest BCUT2D eigenvalue weighted by Crippen LogP contribution is -2.39. The van der Waals surface area contributed by atoms with Gasteiger partial charge in [-0.3, -0.25) is 0 Å². The third kappa shape index (κ3) is 4.97. The Balaban J connectivity index is 1.75. The molecule has 0 amide bonds. The zero-order valence-electron chi connectivity index (χ0n) is 18.7. The maximum atomic E-state index is 15.0. The van der Waals surface area contributed by atoms with Gasteiger partial charge in [0.15, 0.2) is 6.07 Å². The van der Waals surface area contributed by atoms with Crippen LogP contribution in [-0.4, -0.2) is 36.9 Å². The minimum absolute atomic E-state index is 0.210. The molecule has 36 heavy (non-hydrogen) atoms. The number of benzene rings is 2. The first-order chi connectivity index (χ1) is 17.3. The van der Waals surface area contributed by atoms with Gasteiger partial charge in [-0.1, -0.05) is 36.7 Å². The summed E-state index contributed by atoms with van der Waals surface area (Å²) in [5, 5.41) is 27.1. The fourth-order valence-electron chi connectivity index (χ4n) is 3.72. The number of hydrogen-bond acceptors (Lipinski definition) is 8. The predicted molar refractivity (Wildman–Crippen MR) is 127 cm³/mol. The lowest BCUT2D eigenvalue weighted by Gasteiger charge is -2.34. The Labute approximate surface area is 213 Å². The molecule has 2 atom stereocenters. The van der Waals surface area contributed by atoms with E-state index in [1.807, 2.05) is 0 Å². The van der Waals surface area contributed by atoms with Crippen LogP contribution in [0.4, 0.5) is 8.78 Å². The fourth-order valence-corrected chi connectivity index (χ4v) is 4.79. The molecule has 0 aliphatic heterocycles. The number of ether oxygens (including phenoxy) is 1. The first-order valence-corrected chi connectivity index (χ1v) is 11.9. The van der Waals surface area contributed by atoms with E-state index >= 15 is 0 Å². The monoisotopic (exact) mass is 529 g/mol. The molecule has 8 nitrogen and oxygen atoms in total. The first kappa shape index (κ1) is 25.4. The number of carbonyl (C=O) groups excluding carboxylic acids is 1. The number of nitriles is 1. The van der Waals surface area contributed by atoms with Crippen LogP contribution in [-0.2, 0) is 16.9 Å². The van der Waals surface area contributed by atoms with Gasteiger partial charge >= 0.3 is 5.97 Å². The molecule has 0 fully saturated rings. The van der Waals surface area contributed by atoms with Gasteiger partial charge in [-0.2, -0.15) is 10.4 Å². The fraction of sp³-hybridized carbons (Fsp3) is 0.208. The van der Waals surface area contributed by atoms with Crippen LogP contribution < -0.4 is 0 Å². The molecule has 2 heterocycles. The predicted octanol–water partition coefficient (Wildman–Crippen LogP) is 4.60. The highest BCUT2D eigenvalue weighted by atomic mass is 35.5. The molecule has 0 unspecified atom stereocenters. The van der Waals surface area contributed by atoms with Crippen LogP contribution in [0.15, 0.2) is 54.2 Å². The standard InChI is InChI=1S/C24H18ClF2N5O3S/c1-14(22-31-20(10-36-22)16-4-2-15(9-28)3-5-16)24(34,18-7-6-17(26)8-19(18)27)11-32-21(29-13-30-32)23(33)35-12-25/h2-8,10,13-14,34H,11-12H2,1H3/t14-,24+/m0/s1. The molecule has 0 saturated carbocycles. The summed E-state index contributed by atoms with van der Waals surface area (Å²) in [6.45, 7) is 1.22. The van der Waals surface area contributed by atoms with Gasteiger partial charge in [-0.25, -0.2) is 28.2 Å². The summed E-state index contributed by atoms with van der Waals surface area (Å²) in [4.78, 5) is 20.7. The van der Waals surface area contributed by atoms with Gasteiger partial charge < -0.3 is 9.84 Å². The second-order valence-electron chi connectivity index (χ2n) is 7.81. The Morgan fingerprint density at radius 1 is 1.31 bits per heavy atom. The van der Waals surface area contributed by atoms with E-state index in [0.29, 0.717) is 22.3 Å². The Kier molecular flexibility index (Phi) is 7.40. The molecule has 0 radical (unpaired) electrons. The maximum Gasteiger partial charge on any atom is 0.377 e. The molecule has 0 bridgehead atoms. The SMILES string of the molecule is C[C@@H](c1nc(-c2ccc(C#N)cc2)cs1)[C@](O)(Cn1ncnc1C(=O)OCCl)c1ccc(F)cc1F. The van der Waals surface area contributed by atoms with Crippen LogP contribution in [0.2, 0.25) is 0 Å². The molecule has 4 rings (SSSR count). The highest BCUT2D eigenvalue weighted by Crippen LogP contribution is 2.41. The first-order valence-electron chi connectivity index (χ1n) is 10.5.